The van der Waals surface area contributed by atoms with Crippen LogP contribution in [-0.4, -0.2) is 47.6 Å². The van der Waals surface area contributed by atoms with Gasteiger partial charge in [-0.15, -0.1) is 0 Å². The molecule has 1 saturated heterocycles. The Morgan fingerprint density at radius 1 is 1.55 bits per heavy atom. The molecule has 0 radical (unpaired) electrons. The van der Waals surface area contributed by atoms with Gasteiger partial charge in [0.05, 0.1) is 0 Å². The Hall–Kier alpha value is -1.06. The van der Waals surface area contributed by atoms with Crippen LogP contribution in [0.15, 0.2) is 6.07 Å². The molecule has 0 aromatic carbocycles. The predicted octanol–water partition coefficient (Wildman–Crippen LogP) is 0.385. The summed E-state index contributed by atoms with van der Waals surface area (Å²) in [6, 6.07) is 1.79. The van der Waals surface area contributed by atoms with E-state index in [4.69, 9.17) is 5.84 Å². The predicted molar refractivity (Wildman–Crippen MR) is 82.5 cm³/mol. The first-order chi connectivity index (χ1) is 9.47. The Labute approximate surface area is 123 Å². The summed E-state index contributed by atoms with van der Waals surface area (Å²) in [7, 11) is -3.16. The number of hydrogen-bond acceptors (Lipinski definition) is 8. The molecule has 0 bridgehead atoms. The number of anilines is 2. The summed E-state index contributed by atoms with van der Waals surface area (Å²) >= 11 is 1.65. The summed E-state index contributed by atoms with van der Waals surface area (Å²) in [4.78, 5) is 10.2. The van der Waals surface area contributed by atoms with Crippen molar-refractivity contribution in [3.8, 4) is 0 Å². The van der Waals surface area contributed by atoms with Gasteiger partial charge in [0.15, 0.2) is 9.84 Å². The fourth-order valence-corrected chi connectivity index (χ4v) is 5.07. The highest BCUT2D eigenvalue weighted by molar-refractivity contribution is 8.01. The van der Waals surface area contributed by atoms with Crippen LogP contribution in [0.2, 0.25) is 0 Å². The maximum Gasteiger partial charge on any atom is 0.239 e. The van der Waals surface area contributed by atoms with Gasteiger partial charge in [-0.05, 0) is 6.92 Å². The van der Waals surface area contributed by atoms with Crippen molar-refractivity contribution in [1.29, 1.82) is 0 Å². The van der Waals surface area contributed by atoms with Crippen LogP contribution < -0.4 is 16.2 Å². The van der Waals surface area contributed by atoms with Crippen molar-refractivity contribution in [2.75, 3.05) is 34.1 Å². The molecule has 0 amide bonds. The SMILES string of the molecule is CCS(=O)(=O)C1CSCCN1c1cc(C)nc(NN)n1. The van der Waals surface area contributed by atoms with Crippen LogP contribution >= 0.6 is 11.8 Å². The first-order valence-electron chi connectivity index (χ1n) is 6.36. The minimum atomic E-state index is -3.16. The second-order valence-electron chi connectivity index (χ2n) is 4.51. The van der Waals surface area contributed by atoms with Crippen LogP contribution in [0.1, 0.15) is 12.6 Å². The Bertz CT molecular complexity index is 578. The number of nitrogens with zero attached hydrogens (tertiary/aromatic N) is 3. The van der Waals surface area contributed by atoms with E-state index in [0.29, 0.717) is 24.1 Å². The largest absolute Gasteiger partial charge is 0.338 e. The van der Waals surface area contributed by atoms with Crippen molar-refractivity contribution in [2.24, 2.45) is 5.84 Å². The van der Waals surface area contributed by atoms with Crippen LogP contribution in [0.3, 0.4) is 0 Å². The van der Waals surface area contributed by atoms with Crippen LogP contribution in [0.5, 0.6) is 0 Å². The van der Waals surface area contributed by atoms with E-state index in [1.54, 1.807) is 24.8 Å². The first kappa shape index (κ1) is 15.3. The molecule has 7 nitrogen and oxygen atoms in total. The van der Waals surface area contributed by atoms with Crippen molar-refractivity contribution >= 4 is 33.4 Å². The van der Waals surface area contributed by atoms with Crippen LogP contribution in [0, 0.1) is 6.92 Å². The van der Waals surface area contributed by atoms with E-state index < -0.39 is 15.2 Å². The van der Waals surface area contributed by atoms with Crippen molar-refractivity contribution in [3.05, 3.63) is 11.8 Å². The van der Waals surface area contributed by atoms with Gasteiger partial charge in [0, 0.05) is 35.6 Å². The van der Waals surface area contributed by atoms with E-state index in [9.17, 15) is 8.42 Å². The summed E-state index contributed by atoms with van der Waals surface area (Å²) in [5, 5.41) is -0.536. The molecule has 3 N–H and O–H groups in total. The zero-order chi connectivity index (χ0) is 14.8. The second kappa shape index (κ2) is 6.15. The summed E-state index contributed by atoms with van der Waals surface area (Å²) in [6.07, 6.45) is 0. The zero-order valence-corrected chi connectivity index (χ0v) is 13.2. The van der Waals surface area contributed by atoms with E-state index in [1.807, 2.05) is 11.8 Å². The number of hydrazine groups is 1. The summed E-state index contributed by atoms with van der Waals surface area (Å²) < 4.78 is 24.5. The van der Waals surface area contributed by atoms with Gasteiger partial charge < -0.3 is 4.90 Å². The van der Waals surface area contributed by atoms with Gasteiger partial charge in [-0.2, -0.15) is 16.7 Å². The Morgan fingerprint density at radius 3 is 2.95 bits per heavy atom. The molecule has 0 spiro atoms. The molecule has 1 unspecified atom stereocenters. The molecule has 2 rings (SSSR count). The molecule has 9 heteroatoms. The molecular weight excluding hydrogens is 298 g/mol. The smallest absolute Gasteiger partial charge is 0.239 e. The molecule has 1 aromatic rings. The average Bonchev–Trinajstić information content (AvgIpc) is 2.46. The minimum absolute atomic E-state index is 0.126. The minimum Gasteiger partial charge on any atom is -0.338 e. The van der Waals surface area contributed by atoms with E-state index in [1.165, 1.54) is 0 Å². The fourth-order valence-electron chi connectivity index (χ4n) is 2.10. The van der Waals surface area contributed by atoms with Crippen LogP contribution in [0.4, 0.5) is 11.8 Å². The topological polar surface area (TPSA) is 101 Å². The molecule has 1 atom stereocenters. The molecule has 1 aromatic heterocycles. The maximum atomic E-state index is 12.2. The highest BCUT2D eigenvalue weighted by Gasteiger charge is 2.33. The third kappa shape index (κ3) is 3.15. The molecule has 1 fully saturated rings. The molecule has 2 heterocycles. The molecule has 1 aliphatic heterocycles. The lowest BCUT2D eigenvalue weighted by Crippen LogP contribution is -2.48. The normalized spacial score (nSPS) is 19.9. The Balaban J connectivity index is 2.40. The third-order valence-corrected chi connectivity index (χ3v) is 6.45. The van der Waals surface area contributed by atoms with Crippen molar-refractivity contribution in [3.63, 3.8) is 0 Å². The van der Waals surface area contributed by atoms with Crippen LogP contribution in [0.25, 0.3) is 0 Å². The van der Waals surface area contributed by atoms with E-state index in [0.717, 1.165) is 11.4 Å². The number of nitrogens with two attached hydrogens (primary N) is 1. The van der Waals surface area contributed by atoms with Gasteiger partial charge in [0.2, 0.25) is 5.95 Å². The summed E-state index contributed by atoms with van der Waals surface area (Å²) in [5.41, 5.74) is 3.16. The van der Waals surface area contributed by atoms with Crippen molar-refractivity contribution < 1.29 is 8.42 Å². The Morgan fingerprint density at radius 2 is 2.30 bits per heavy atom. The number of nitrogens with one attached hydrogen (secondary N) is 1. The lowest BCUT2D eigenvalue weighted by atomic mass is 10.4. The van der Waals surface area contributed by atoms with Gasteiger partial charge in [0.25, 0.3) is 0 Å². The molecule has 112 valence electrons. The monoisotopic (exact) mass is 317 g/mol. The number of aromatic nitrogens is 2. The number of aryl methyl sites for hydroxylation is 1. The van der Waals surface area contributed by atoms with Gasteiger partial charge >= 0.3 is 0 Å². The van der Waals surface area contributed by atoms with Gasteiger partial charge in [-0.25, -0.2) is 19.2 Å². The quantitative estimate of drug-likeness (QED) is 0.607. The fraction of sp³-hybridized carbons (Fsp3) is 0.636. The number of hydrogen-bond donors (Lipinski definition) is 2. The number of rotatable bonds is 4. The number of sulfone groups is 1. The average molecular weight is 317 g/mol. The highest BCUT2D eigenvalue weighted by Crippen LogP contribution is 2.27. The van der Waals surface area contributed by atoms with Gasteiger partial charge in [-0.1, -0.05) is 6.92 Å². The maximum absolute atomic E-state index is 12.2. The van der Waals surface area contributed by atoms with Gasteiger partial charge in [0.1, 0.15) is 11.2 Å². The Kier molecular flexibility index (Phi) is 4.71. The standard InChI is InChI=1S/C11H19N5O2S2/c1-3-20(17,18)10-7-19-5-4-16(10)9-6-8(2)13-11(14-9)15-12/h6,10H,3-5,7,12H2,1-2H3,(H,13,14,15). The number of thioether (sulfide) groups is 1. The first-order valence-corrected chi connectivity index (χ1v) is 9.23. The van der Waals surface area contributed by atoms with E-state index in [-0.39, 0.29) is 5.75 Å². The lowest BCUT2D eigenvalue weighted by molar-refractivity contribution is 0.578. The van der Waals surface area contributed by atoms with E-state index >= 15 is 0 Å². The number of nitrogen functional groups attached to an aromatic ring is 1. The van der Waals surface area contributed by atoms with Crippen LogP contribution in [-0.2, 0) is 9.84 Å². The lowest BCUT2D eigenvalue weighted by Gasteiger charge is -2.35. The van der Waals surface area contributed by atoms with Crippen molar-refractivity contribution in [2.45, 2.75) is 19.2 Å². The third-order valence-electron chi connectivity index (χ3n) is 3.17. The highest BCUT2D eigenvalue weighted by atomic mass is 32.2. The molecule has 1 aliphatic rings. The molecule has 0 aliphatic carbocycles. The van der Waals surface area contributed by atoms with E-state index in [2.05, 4.69) is 15.4 Å². The molecule has 0 saturated carbocycles. The summed E-state index contributed by atoms with van der Waals surface area (Å²) in [6.45, 7) is 4.15. The molecular formula is C11H19N5O2S2. The molecule has 20 heavy (non-hydrogen) atoms. The van der Waals surface area contributed by atoms with Crippen molar-refractivity contribution in [1.82, 2.24) is 9.97 Å². The second-order valence-corrected chi connectivity index (χ2v) is 8.11. The van der Waals surface area contributed by atoms with Gasteiger partial charge in [-0.3, -0.25) is 5.43 Å². The summed E-state index contributed by atoms with van der Waals surface area (Å²) in [5.74, 6) is 7.81. The zero-order valence-electron chi connectivity index (χ0n) is 11.5.